The molecule has 1 aromatic heterocycles. The van der Waals surface area contributed by atoms with Crippen LogP contribution in [0.4, 0.5) is 0 Å². The summed E-state index contributed by atoms with van der Waals surface area (Å²) in [4.78, 5) is 0. The average Bonchev–Trinajstić information content (AvgIpc) is 2.51. The Morgan fingerprint density at radius 1 is 1.19 bits per heavy atom. The topological polar surface area (TPSA) is 29.9 Å². The number of hydrogen-bond donors (Lipinski definition) is 1. The summed E-state index contributed by atoms with van der Waals surface area (Å²) in [7, 11) is 2.01. The Balaban J connectivity index is 2.24. The average molecular weight is 288 g/mol. The van der Waals surface area contributed by atoms with Gasteiger partial charge in [0.25, 0.3) is 0 Å². The van der Waals surface area contributed by atoms with Gasteiger partial charge in [0.15, 0.2) is 0 Å². The highest BCUT2D eigenvalue weighted by molar-refractivity contribution is 9.10. The Hall–Kier alpha value is -0.350. The summed E-state index contributed by atoms with van der Waals surface area (Å²) in [6.07, 6.45) is 5.09. The maximum absolute atomic E-state index is 4.50. The molecule has 0 unspecified atom stereocenters. The van der Waals surface area contributed by atoms with Crippen LogP contribution in [-0.4, -0.2) is 23.4 Å². The minimum absolute atomic E-state index is 1.04. The van der Waals surface area contributed by atoms with Crippen LogP contribution < -0.4 is 5.32 Å². The Morgan fingerprint density at radius 2 is 1.88 bits per heavy atom. The van der Waals surface area contributed by atoms with Crippen molar-refractivity contribution in [3.63, 3.8) is 0 Å². The van der Waals surface area contributed by atoms with E-state index in [1.165, 1.54) is 31.4 Å². The quantitative estimate of drug-likeness (QED) is 0.782. The van der Waals surface area contributed by atoms with Gasteiger partial charge in [0.1, 0.15) is 0 Å². The van der Waals surface area contributed by atoms with Crippen LogP contribution in [0.25, 0.3) is 0 Å². The molecular formula is C12H22BrN3. The second kappa shape index (κ2) is 7.07. The third kappa shape index (κ3) is 3.91. The van der Waals surface area contributed by atoms with Crippen molar-refractivity contribution in [2.24, 2.45) is 0 Å². The van der Waals surface area contributed by atoms with Crippen molar-refractivity contribution in [1.82, 2.24) is 15.1 Å². The molecule has 0 radical (unpaired) electrons. The standard InChI is InChI=1S/C12H22BrN3/c1-10-12(13)11(2)16(15-10)9-7-5-4-6-8-14-3/h14H,4-9H2,1-3H3. The molecule has 1 heterocycles. The number of aryl methyl sites for hydroxylation is 2. The second-order valence-electron chi connectivity index (χ2n) is 4.23. The van der Waals surface area contributed by atoms with Crippen molar-refractivity contribution in [3.8, 4) is 0 Å². The Morgan fingerprint density at radius 3 is 2.44 bits per heavy atom. The lowest BCUT2D eigenvalue weighted by Crippen LogP contribution is -2.07. The van der Waals surface area contributed by atoms with E-state index in [0.717, 1.165) is 23.3 Å². The summed E-state index contributed by atoms with van der Waals surface area (Å²) in [6.45, 7) is 6.33. The molecule has 1 rings (SSSR count). The first kappa shape index (κ1) is 13.7. The minimum Gasteiger partial charge on any atom is -0.320 e. The largest absolute Gasteiger partial charge is 0.320 e. The molecule has 0 aliphatic carbocycles. The van der Waals surface area contributed by atoms with Gasteiger partial charge in [-0.1, -0.05) is 12.8 Å². The summed E-state index contributed by atoms with van der Waals surface area (Å²) < 4.78 is 3.26. The third-order valence-corrected chi connectivity index (χ3v) is 3.99. The first-order valence-corrected chi connectivity index (χ1v) is 6.80. The van der Waals surface area contributed by atoms with Crippen LogP contribution in [0.2, 0.25) is 0 Å². The summed E-state index contributed by atoms with van der Waals surface area (Å²) >= 11 is 3.55. The Kier molecular flexibility index (Phi) is 6.06. The van der Waals surface area contributed by atoms with Gasteiger partial charge in [-0.25, -0.2) is 0 Å². The van der Waals surface area contributed by atoms with Gasteiger partial charge in [-0.2, -0.15) is 5.10 Å². The Labute approximate surface area is 107 Å². The molecule has 0 amide bonds. The van der Waals surface area contributed by atoms with E-state index >= 15 is 0 Å². The number of rotatable bonds is 7. The fourth-order valence-electron chi connectivity index (χ4n) is 1.81. The molecule has 0 saturated heterocycles. The fraction of sp³-hybridized carbons (Fsp3) is 0.750. The van der Waals surface area contributed by atoms with Crippen molar-refractivity contribution in [2.45, 2.75) is 46.1 Å². The summed E-state index contributed by atoms with van der Waals surface area (Å²) in [5, 5.41) is 7.67. The van der Waals surface area contributed by atoms with Gasteiger partial charge in [0, 0.05) is 12.2 Å². The van der Waals surface area contributed by atoms with Gasteiger partial charge in [0.2, 0.25) is 0 Å². The molecule has 0 saturated carbocycles. The van der Waals surface area contributed by atoms with E-state index in [2.05, 4.69) is 38.0 Å². The molecule has 3 nitrogen and oxygen atoms in total. The molecule has 92 valence electrons. The predicted molar refractivity (Wildman–Crippen MR) is 71.8 cm³/mol. The molecule has 0 aliphatic heterocycles. The summed E-state index contributed by atoms with van der Waals surface area (Å²) in [5.74, 6) is 0. The number of unbranched alkanes of at least 4 members (excludes halogenated alkanes) is 3. The number of nitrogens with one attached hydrogen (secondary N) is 1. The smallest absolute Gasteiger partial charge is 0.0738 e. The van der Waals surface area contributed by atoms with Crippen LogP contribution >= 0.6 is 15.9 Å². The first-order chi connectivity index (χ1) is 7.66. The maximum Gasteiger partial charge on any atom is 0.0738 e. The van der Waals surface area contributed by atoms with Crippen LogP contribution in [0.5, 0.6) is 0 Å². The number of hydrogen-bond acceptors (Lipinski definition) is 2. The fourth-order valence-corrected chi connectivity index (χ4v) is 2.09. The van der Waals surface area contributed by atoms with E-state index in [-0.39, 0.29) is 0 Å². The monoisotopic (exact) mass is 287 g/mol. The molecule has 0 bridgehead atoms. The van der Waals surface area contributed by atoms with Crippen LogP contribution in [0.1, 0.15) is 37.1 Å². The zero-order chi connectivity index (χ0) is 12.0. The second-order valence-corrected chi connectivity index (χ2v) is 5.02. The van der Waals surface area contributed by atoms with Crippen molar-refractivity contribution in [2.75, 3.05) is 13.6 Å². The van der Waals surface area contributed by atoms with E-state index in [1.54, 1.807) is 0 Å². The van der Waals surface area contributed by atoms with Gasteiger partial charge in [-0.3, -0.25) is 4.68 Å². The SMILES string of the molecule is CNCCCCCCn1nc(C)c(Br)c1C. The number of aromatic nitrogens is 2. The van der Waals surface area contributed by atoms with Crippen LogP contribution in [0.15, 0.2) is 4.47 Å². The van der Waals surface area contributed by atoms with Crippen molar-refractivity contribution < 1.29 is 0 Å². The number of halogens is 1. The highest BCUT2D eigenvalue weighted by Crippen LogP contribution is 2.20. The van der Waals surface area contributed by atoms with Crippen LogP contribution in [-0.2, 0) is 6.54 Å². The first-order valence-electron chi connectivity index (χ1n) is 6.01. The lowest BCUT2D eigenvalue weighted by atomic mass is 10.2. The van der Waals surface area contributed by atoms with Crippen molar-refractivity contribution in [1.29, 1.82) is 0 Å². The summed E-state index contributed by atoms with van der Waals surface area (Å²) in [6, 6.07) is 0. The molecule has 0 spiro atoms. The van der Waals surface area contributed by atoms with E-state index < -0.39 is 0 Å². The lowest BCUT2D eigenvalue weighted by molar-refractivity contribution is 0.520. The molecule has 1 N–H and O–H groups in total. The Bertz CT molecular complexity index is 320. The molecule has 16 heavy (non-hydrogen) atoms. The zero-order valence-electron chi connectivity index (χ0n) is 10.5. The predicted octanol–water partition coefficient (Wildman–Crippen LogP) is 3.04. The van der Waals surface area contributed by atoms with Gasteiger partial charge >= 0.3 is 0 Å². The van der Waals surface area contributed by atoms with E-state index in [0.29, 0.717) is 0 Å². The summed E-state index contributed by atoms with van der Waals surface area (Å²) in [5.41, 5.74) is 2.33. The maximum atomic E-state index is 4.50. The molecular weight excluding hydrogens is 266 g/mol. The molecule has 4 heteroatoms. The number of nitrogens with zero attached hydrogens (tertiary/aromatic N) is 2. The zero-order valence-corrected chi connectivity index (χ0v) is 12.1. The molecule has 0 fully saturated rings. The highest BCUT2D eigenvalue weighted by atomic mass is 79.9. The van der Waals surface area contributed by atoms with Gasteiger partial charge in [-0.05, 0) is 56.2 Å². The molecule has 0 aliphatic rings. The molecule has 1 aromatic rings. The normalized spacial score (nSPS) is 11.0. The van der Waals surface area contributed by atoms with E-state index in [9.17, 15) is 0 Å². The van der Waals surface area contributed by atoms with E-state index in [4.69, 9.17) is 0 Å². The molecule has 0 aromatic carbocycles. The van der Waals surface area contributed by atoms with Crippen molar-refractivity contribution in [3.05, 3.63) is 15.9 Å². The minimum atomic E-state index is 1.04. The van der Waals surface area contributed by atoms with Crippen LogP contribution in [0, 0.1) is 13.8 Å². The highest BCUT2D eigenvalue weighted by Gasteiger charge is 2.07. The van der Waals surface area contributed by atoms with Crippen molar-refractivity contribution >= 4 is 15.9 Å². The lowest BCUT2D eigenvalue weighted by Gasteiger charge is -2.04. The third-order valence-electron chi connectivity index (χ3n) is 2.84. The van der Waals surface area contributed by atoms with Gasteiger partial charge in [0.05, 0.1) is 10.2 Å². The van der Waals surface area contributed by atoms with Gasteiger partial charge in [-0.15, -0.1) is 0 Å². The van der Waals surface area contributed by atoms with E-state index in [1.807, 2.05) is 14.0 Å². The molecule has 0 atom stereocenters. The van der Waals surface area contributed by atoms with Gasteiger partial charge < -0.3 is 5.32 Å². The van der Waals surface area contributed by atoms with Crippen LogP contribution in [0.3, 0.4) is 0 Å².